The summed E-state index contributed by atoms with van der Waals surface area (Å²) < 4.78 is 14.2. The quantitative estimate of drug-likeness (QED) is 0.434. The molecule has 5 atom stereocenters. The van der Waals surface area contributed by atoms with E-state index in [0.29, 0.717) is 31.8 Å². The van der Waals surface area contributed by atoms with Gasteiger partial charge in [-0.15, -0.1) is 16.4 Å². The van der Waals surface area contributed by atoms with Crippen LogP contribution in [0.3, 0.4) is 0 Å². The molecule has 2 N–H and O–H groups in total. The molecule has 10 nitrogen and oxygen atoms in total. The van der Waals surface area contributed by atoms with Crippen LogP contribution >= 0.6 is 50.6 Å². The monoisotopic (exact) mass is 572 g/mol. The van der Waals surface area contributed by atoms with E-state index in [2.05, 4.69) is 42.3 Å². The second kappa shape index (κ2) is 10.7. The van der Waals surface area contributed by atoms with Crippen molar-refractivity contribution in [2.45, 2.75) is 41.6 Å². The number of halogens is 2. The molecule has 0 radical (unpaired) electrons. The van der Waals surface area contributed by atoms with Crippen LogP contribution < -0.4 is 0 Å². The molecule has 3 aromatic rings. The van der Waals surface area contributed by atoms with Crippen LogP contribution in [0.4, 0.5) is 0 Å². The number of thioether (sulfide) groups is 1. The van der Waals surface area contributed by atoms with Crippen LogP contribution in [0.2, 0.25) is 5.15 Å². The van der Waals surface area contributed by atoms with E-state index in [4.69, 9.17) is 21.1 Å². The molecule has 0 saturated carbocycles. The van der Waals surface area contributed by atoms with E-state index in [1.54, 1.807) is 17.6 Å². The van der Waals surface area contributed by atoms with E-state index in [0.717, 1.165) is 0 Å². The highest BCUT2D eigenvalue weighted by Crippen LogP contribution is 2.41. The predicted octanol–water partition coefficient (Wildman–Crippen LogP) is 2.90. The van der Waals surface area contributed by atoms with E-state index < -0.39 is 36.4 Å². The lowest BCUT2D eigenvalue weighted by atomic mass is 9.97. The number of hydrogen-bond acceptors (Lipinski definition) is 11. The molecule has 4 heterocycles. The van der Waals surface area contributed by atoms with Crippen molar-refractivity contribution < 1.29 is 19.7 Å². The normalized spacial score (nSPS) is 25.2. The van der Waals surface area contributed by atoms with Gasteiger partial charge < -0.3 is 19.7 Å². The molecule has 33 heavy (non-hydrogen) atoms. The number of ether oxygens (including phenoxy) is 2. The zero-order valence-corrected chi connectivity index (χ0v) is 21.1. The second-order valence-electron chi connectivity index (χ2n) is 6.92. The van der Waals surface area contributed by atoms with Gasteiger partial charge in [-0.1, -0.05) is 28.6 Å². The molecule has 0 bridgehead atoms. The number of aromatic nitrogens is 5. The number of aliphatic hydroxyl groups is 2. The maximum absolute atomic E-state index is 11.0. The zero-order valence-electron chi connectivity index (χ0n) is 17.1. The van der Waals surface area contributed by atoms with Crippen LogP contribution in [0.5, 0.6) is 0 Å². The second-order valence-corrected chi connectivity index (χ2v) is 10.2. The van der Waals surface area contributed by atoms with Gasteiger partial charge in [-0.25, -0.2) is 14.6 Å². The molecule has 1 aliphatic rings. The van der Waals surface area contributed by atoms with Gasteiger partial charge in [0.1, 0.15) is 51.7 Å². The Kier molecular flexibility index (Phi) is 7.98. The minimum atomic E-state index is -1.13. The lowest BCUT2D eigenvalue weighted by molar-refractivity contribution is -0.191. The number of aliphatic hydroxyl groups excluding tert-OH is 2. The van der Waals surface area contributed by atoms with Crippen molar-refractivity contribution in [3.63, 3.8) is 0 Å². The maximum atomic E-state index is 11.0. The Morgan fingerprint density at radius 1 is 1.48 bits per heavy atom. The Bertz CT molecular complexity index is 1160. The van der Waals surface area contributed by atoms with Crippen LogP contribution in [0.1, 0.15) is 18.7 Å². The van der Waals surface area contributed by atoms with Crippen molar-refractivity contribution in [1.29, 1.82) is 5.26 Å². The predicted molar refractivity (Wildman–Crippen MR) is 125 cm³/mol. The molecule has 0 aromatic carbocycles. The minimum Gasteiger partial charge on any atom is -0.394 e. The van der Waals surface area contributed by atoms with Gasteiger partial charge >= 0.3 is 0 Å². The molecule has 174 valence electrons. The lowest BCUT2D eigenvalue weighted by Crippen LogP contribution is -2.55. The Morgan fingerprint density at radius 2 is 2.30 bits per heavy atom. The average molecular weight is 574 g/mol. The maximum Gasteiger partial charge on any atom is 0.154 e. The van der Waals surface area contributed by atoms with E-state index in [-0.39, 0.29) is 5.69 Å². The van der Waals surface area contributed by atoms with Gasteiger partial charge in [0, 0.05) is 27.6 Å². The summed E-state index contributed by atoms with van der Waals surface area (Å²) in [4.78, 5) is 8.92. The topological polar surface area (TPSA) is 139 Å². The van der Waals surface area contributed by atoms with Crippen molar-refractivity contribution in [2.75, 3.05) is 13.2 Å². The van der Waals surface area contributed by atoms with Crippen molar-refractivity contribution in [2.24, 2.45) is 0 Å². The number of nitrogens with zero attached hydrogens (tertiary/aromatic N) is 6. The van der Waals surface area contributed by atoms with E-state index in [1.807, 2.05) is 6.92 Å². The SMILES string of the molecule is CCOC1C(Sc2cc(Br)cnc2C#N)OC(CO)C(O)C1n1cc(-c2nc(Cl)cs2)nn1. The Morgan fingerprint density at radius 3 is 2.97 bits per heavy atom. The summed E-state index contributed by atoms with van der Waals surface area (Å²) in [6.45, 7) is 1.75. The van der Waals surface area contributed by atoms with Crippen LogP contribution in [-0.2, 0) is 9.47 Å². The van der Waals surface area contributed by atoms with E-state index in [9.17, 15) is 15.5 Å². The van der Waals surface area contributed by atoms with Crippen molar-refractivity contribution in [3.05, 3.63) is 39.2 Å². The standard InChI is InChI=1S/C19H18BrClN6O4S2/c1-2-30-17-15(27-6-11(25-26-27)18-24-14(21)8-32-18)16(29)12(7-28)31-19(17)33-13-3-9(20)5-23-10(13)4-22/h3,5-6,8,12,15-17,19,28-29H,2,7H2,1H3. The molecule has 14 heteroatoms. The number of nitriles is 1. The smallest absolute Gasteiger partial charge is 0.154 e. The number of hydrogen-bond donors (Lipinski definition) is 2. The molecule has 1 saturated heterocycles. The summed E-state index contributed by atoms with van der Waals surface area (Å²) in [5, 5.41) is 41.4. The summed E-state index contributed by atoms with van der Waals surface area (Å²) in [6.07, 6.45) is 0.469. The molecule has 0 amide bonds. The molecule has 1 fully saturated rings. The van der Waals surface area contributed by atoms with Crippen LogP contribution in [0.25, 0.3) is 10.7 Å². The highest BCUT2D eigenvalue weighted by atomic mass is 79.9. The average Bonchev–Trinajstić information content (AvgIpc) is 3.45. The molecule has 0 spiro atoms. The molecule has 3 aromatic heterocycles. The molecular formula is C19H18BrClN6O4S2. The first-order valence-corrected chi connectivity index (χ1v) is 12.7. The summed E-state index contributed by atoms with van der Waals surface area (Å²) in [6, 6.07) is 3.10. The third-order valence-electron chi connectivity index (χ3n) is 4.86. The fraction of sp³-hybridized carbons (Fsp3) is 0.421. The first-order chi connectivity index (χ1) is 15.9. The minimum absolute atomic E-state index is 0.231. The van der Waals surface area contributed by atoms with Crippen LogP contribution in [0.15, 0.2) is 33.2 Å². The Labute approximate surface area is 210 Å². The number of pyridine rings is 1. The molecule has 4 rings (SSSR count). The summed E-state index contributed by atoms with van der Waals surface area (Å²) >= 11 is 11.9. The molecule has 5 unspecified atom stereocenters. The first-order valence-electron chi connectivity index (χ1n) is 9.76. The summed E-state index contributed by atoms with van der Waals surface area (Å²) in [5.41, 5.74) is 0.0446. The van der Waals surface area contributed by atoms with Crippen LogP contribution in [-0.4, -0.2) is 72.1 Å². The third-order valence-corrected chi connectivity index (χ3v) is 7.66. The number of thiazole rings is 1. The van der Waals surface area contributed by atoms with Gasteiger partial charge in [0.15, 0.2) is 5.69 Å². The van der Waals surface area contributed by atoms with Gasteiger partial charge in [-0.05, 0) is 28.9 Å². The molecule has 0 aliphatic carbocycles. The fourth-order valence-electron chi connectivity index (χ4n) is 3.44. The fourth-order valence-corrected chi connectivity index (χ4v) is 6.05. The van der Waals surface area contributed by atoms with Gasteiger partial charge in [0.05, 0.1) is 12.8 Å². The van der Waals surface area contributed by atoms with Crippen molar-refractivity contribution in [1.82, 2.24) is 25.0 Å². The summed E-state index contributed by atoms with van der Waals surface area (Å²) in [5.74, 6) is 0. The largest absolute Gasteiger partial charge is 0.394 e. The molecule has 1 aliphatic heterocycles. The highest BCUT2D eigenvalue weighted by Gasteiger charge is 2.48. The zero-order chi connectivity index (χ0) is 23.5. The highest BCUT2D eigenvalue weighted by molar-refractivity contribution is 9.10. The van der Waals surface area contributed by atoms with Gasteiger partial charge in [-0.3, -0.25) is 0 Å². The lowest BCUT2D eigenvalue weighted by Gasteiger charge is -2.43. The van der Waals surface area contributed by atoms with Gasteiger partial charge in [0.25, 0.3) is 0 Å². The van der Waals surface area contributed by atoms with Crippen molar-refractivity contribution in [3.8, 4) is 16.8 Å². The number of rotatable bonds is 7. The van der Waals surface area contributed by atoms with Crippen molar-refractivity contribution >= 4 is 50.6 Å². The van der Waals surface area contributed by atoms with Gasteiger partial charge in [-0.2, -0.15) is 5.26 Å². The third kappa shape index (κ3) is 5.23. The van der Waals surface area contributed by atoms with Crippen LogP contribution in [0, 0.1) is 11.3 Å². The van der Waals surface area contributed by atoms with E-state index >= 15 is 0 Å². The molecular weight excluding hydrogens is 556 g/mol. The Balaban J connectivity index is 1.70. The van der Waals surface area contributed by atoms with Gasteiger partial charge in [0.2, 0.25) is 0 Å². The Hall–Kier alpha value is -1.63. The van der Waals surface area contributed by atoms with E-state index in [1.165, 1.54) is 34.0 Å². The first kappa shape index (κ1) is 24.5. The summed E-state index contributed by atoms with van der Waals surface area (Å²) in [7, 11) is 0.